The first-order valence-corrected chi connectivity index (χ1v) is 8.72. The third-order valence-corrected chi connectivity index (χ3v) is 5.41. The second kappa shape index (κ2) is 7.14. The average molecular weight is 348 g/mol. The van der Waals surface area contributed by atoms with Gasteiger partial charge in [-0.1, -0.05) is 12.1 Å². The number of amides is 2. The summed E-state index contributed by atoms with van der Waals surface area (Å²) in [4.78, 5) is 29.0. The van der Waals surface area contributed by atoms with Crippen LogP contribution in [0.3, 0.4) is 0 Å². The van der Waals surface area contributed by atoms with Gasteiger partial charge in [0.25, 0.3) is 0 Å². The maximum absolute atomic E-state index is 11.8. The summed E-state index contributed by atoms with van der Waals surface area (Å²) >= 11 is 1.48. The number of nitrogens with zero attached hydrogens (tertiary/aromatic N) is 2. The van der Waals surface area contributed by atoms with Crippen LogP contribution in [0.15, 0.2) is 24.3 Å². The van der Waals surface area contributed by atoms with Gasteiger partial charge < -0.3 is 16.2 Å². The second-order valence-electron chi connectivity index (χ2n) is 5.93. The summed E-state index contributed by atoms with van der Waals surface area (Å²) in [5, 5.41) is 13.6. The van der Waals surface area contributed by atoms with Crippen molar-refractivity contribution in [2.75, 3.05) is 19.6 Å². The van der Waals surface area contributed by atoms with Crippen molar-refractivity contribution in [3.63, 3.8) is 0 Å². The van der Waals surface area contributed by atoms with Crippen LogP contribution in [0.25, 0.3) is 10.2 Å². The smallest absolute Gasteiger partial charge is 0.408 e. The minimum atomic E-state index is -1.14. The Morgan fingerprint density at radius 1 is 1.38 bits per heavy atom. The summed E-state index contributed by atoms with van der Waals surface area (Å²) in [6.45, 7) is 1.34. The molecule has 2 aromatic rings. The standard InChI is InChI=1S/C16H20N4O3S/c17-13(21)9-20(16(22)23)14(10-5-7-18-8-6-10)15-19-11-3-1-2-4-12(11)24-15/h1-4,10,14,18H,5-9H2,(H2,17,21)(H,22,23). The molecule has 8 heteroatoms. The highest BCUT2D eigenvalue weighted by molar-refractivity contribution is 7.18. The van der Waals surface area contributed by atoms with Crippen molar-refractivity contribution in [1.29, 1.82) is 0 Å². The number of primary amides is 1. The number of hydrogen-bond acceptors (Lipinski definition) is 5. The average Bonchev–Trinajstić information content (AvgIpc) is 2.98. The van der Waals surface area contributed by atoms with E-state index in [2.05, 4.69) is 10.3 Å². The number of carboxylic acid groups (broad SMARTS) is 1. The van der Waals surface area contributed by atoms with Gasteiger partial charge in [0.1, 0.15) is 11.6 Å². The minimum absolute atomic E-state index is 0.113. The lowest BCUT2D eigenvalue weighted by Crippen LogP contribution is -2.45. The zero-order valence-electron chi connectivity index (χ0n) is 13.1. The fraction of sp³-hybridized carbons (Fsp3) is 0.438. The normalized spacial score (nSPS) is 16.8. The number of rotatable bonds is 5. The topological polar surface area (TPSA) is 109 Å². The first-order chi connectivity index (χ1) is 11.6. The molecule has 2 heterocycles. The van der Waals surface area contributed by atoms with E-state index in [0.717, 1.165) is 46.1 Å². The molecule has 1 saturated heterocycles. The molecule has 1 aliphatic heterocycles. The Morgan fingerprint density at radius 2 is 2.08 bits per heavy atom. The lowest BCUT2D eigenvalue weighted by atomic mass is 9.89. The van der Waals surface area contributed by atoms with E-state index in [0.29, 0.717) is 0 Å². The van der Waals surface area contributed by atoms with Gasteiger partial charge in [0.2, 0.25) is 5.91 Å². The maximum atomic E-state index is 11.8. The van der Waals surface area contributed by atoms with Crippen LogP contribution in [0, 0.1) is 5.92 Å². The molecule has 0 saturated carbocycles. The molecule has 1 aromatic carbocycles. The zero-order valence-corrected chi connectivity index (χ0v) is 14.0. The van der Waals surface area contributed by atoms with E-state index in [1.165, 1.54) is 11.3 Å². The van der Waals surface area contributed by atoms with Crippen LogP contribution >= 0.6 is 11.3 Å². The van der Waals surface area contributed by atoms with E-state index in [9.17, 15) is 14.7 Å². The third-order valence-electron chi connectivity index (χ3n) is 4.30. The quantitative estimate of drug-likeness (QED) is 0.763. The molecule has 2 amide bonds. The van der Waals surface area contributed by atoms with Crippen molar-refractivity contribution in [3.05, 3.63) is 29.3 Å². The van der Waals surface area contributed by atoms with Crippen molar-refractivity contribution >= 4 is 33.6 Å². The van der Waals surface area contributed by atoms with Crippen LogP contribution < -0.4 is 11.1 Å². The van der Waals surface area contributed by atoms with Crippen molar-refractivity contribution in [3.8, 4) is 0 Å². The second-order valence-corrected chi connectivity index (χ2v) is 6.99. The summed E-state index contributed by atoms with van der Waals surface area (Å²) < 4.78 is 1.01. The van der Waals surface area contributed by atoms with Gasteiger partial charge in [-0.05, 0) is 44.0 Å². The highest BCUT2D eigenvalue weighted by Gasteiger charge is 2.36. The minimum Gasteiger partial charge on any atom is -0.465 e. The molecule has 7 nitrogen and oxygen atoms in total. The van der Waals surface area contributed by atoms with Crippen molar-refractivity contribution < 1.29 is 14.7 Å². The number of nitrogens with two attached hydrogens (primary N) is 1. The van der Waals surface area contributed by atoms with Gasteiger partial charge in [0, 0.05) is 0 Å². The molecule has 1 aromatic heterocycles. The number of carbonyl (C=O) groups is 2. The van der Waals surface area contributed by atoms with E-state index in [-0.39, 0.29) is 12.5 Å². The molecule has 1 unspecified atom stereocenters. The maximum Gasteiger partial charge on any atom is 0.408 e. The number of para-hydroxylation sites is 1. The Bertz CT molecular complexity index is 709. The highest BCUT2D eigenvalue weighted by Crippen LogP contribution is 2.38. The van der Waals surface area contributed by atoms with Crippen molar-refractivity contribution in [2.45, 2.75) is 18.9 Å². The Balaban J connectivity index is 2.02. The number of fused-ring (bicyclic) bond motifs is 1. The van der Waals surface area contributed by atoms with Crippen LogP contribution in [-0.4, -0.2) is 46.6 Å². The number of hydrogen-bond donors (Lipinski definition) is 3. The van der Waals surface area contributed by atoms with Gasteiger partial charge in [-0.25, -0.2) is 9.78 Å². The molecular formula is C16H20N4O3S. The van der Waals surface area contributed by atoms with Gasteiger partial charge in [0.05, 0.1) is 16.3 Å². The van der Waals surface area contributed by atoms with Gasteiger partial charge in [-0.2, -0.15) is 0 Å². The fourth-order valence-corrected chi connectivity index (χ4v) is 4.39. The molecule has 1 aliphatic rings. The summed E-state index contributed by atoms with van der Waals surface area (Å²) in [6, 6.07) is 7.27. The van der Waals surface area contributed by atoms with Gasteiger partial charge in [0.15, 0.2) is 0 Å². The molecule has 0 radical (unpaired) electrons. The van der Waals surface area contributed by atoms with Crippen molar-refractivity contribution in [2.24, 2.45) is 11.7 Å². The van der Waals surface area contributed by atoms with Gasteiger partial charge in [-0.3, -0.25) is 9.69 Å². The van der Waals surface area contributed by atoms with E-state index in [4.69, 9.17) is 5.73 Å². The fourth-order valence-electron chi connectivity index (χ4n) is 3.22. The largest absolute Gasteiger partial charge is 0.465 e. The van der Waals surface area contributed by atoms with Crippen LogP contribution in [0.1, 0.15) is 23.9 Å². The number of carbonyl (C=O) groups excluding carboxylic acids is 1. The SMILES string of the molecule is NC(=O)CN(C(=O)O)C(c1nc2ccccc2s1)C1CCNCC1. The van der Waals surface area contributed by atoms with E-state index in [1.807, 2.05) is 24.3 Å². The van der Waals surface area contributed by atoms with E-state index < -0.39 is 18.0 Å². The lowest BCUT2D eigenvalue weighted by molar-refractivity contribution is -0.119. The first kappa shape index (κ1) is 16.7. The summed E-state index contributed by atoms with van der Waals surface area (Å²) in [7, 11) is 0. The molecular weight excluding hydrogens is 328 g/mol. The predicted octanol–water partition coefficient (Wildman–Crippen LogP) is 1.80. The molecule has 4 N–H and O–H groups in total. The van der Waals surface area contributed by atoms with E-state index >= 15 is 0 Å². The molecule has 0 bridgehead atoms. The number of aromatic nitrogens is 1. The Kier molecular flexibility index (Phi) is 4.96. The predicted molar refractivity (Wildman–Crippen MR) is 91.9 cm³/mol. The van der Waals surface area contributed by atoms with Crippen LogP contribution in [0.4, 0.5) is 4.79 Å². The molecule has 1 fully saturated rings. The monoisotopic (exact) mass is 348 g/mol. The first-order valence-electron chi connectivity index (χ1n) is 7.90. The number of thiazole rings is 1. The molecule has 24 heavy (non-hydrogen) atoms. The number of benzene rings is 1. The van der Waals surface area contributed by atoms with Gasteiger partial charge in [-0.15, -0.1) is 11.3 Å². The lowest BCUT2D eigenvalue weighted by Gasteiger charge is -2.35. The number of piperidine rings is 1. The Labute approximate surface area is 143 Å². The van der Waals surface area contributed by atoms with Crippen LogP contribution in [0.5, 0.6) is 0 Å². The van der Waals surface area contributed by atoms with Crippen LogP contribution in [-0.2, 0) is 4.79 Å². The zero-order chi connectivity index (χ0) is 17.1. The molecule has 0 aliphatic carbocycles. The Hall–Kier alpha value is -2.19. The highest BCUT2D eigenvalue weighted by atomic mass is 32.1. The summed E-state index contributed by atoms with van der Waals surface area (Å²) in [5.74, 6) is -0.542. The molecule has 3 rings (SSSR count). The molecule has 1 atom stereocenters. The van der Waals surface area contributed by atoms with Gasteiger partial charge >= 0.3 is 6.09 Å². The van der Waals surface area contributed by atoms with Crippen molar-refractivity contribution in [1.82, 2.24) is 15.2 Å². The molecule has 0 spiro atoms. The molecule has 128 valence electrons. The summed E-state index contributed by atoms with van der Waals surface area (Å²) in [5.41, 5.74) is 6.13. The Morgan fingerprint density at radius 3 is 2.71 bits per heavy atom. The third kappa shape index (κ3) is 3.49. The van der Waals surface area contributed by atoms with E-state index in [1.54, 1.807) is 0 Å². The van der Waals surface area contributed by atoms with Crippen LogP contribution in [0.2, 0.25) is 0 Å². The number of nitrogens with one attached hydrogen (secondary N) is 1. The summed E-state index contributed by atoms with van der Waals surface area (Å²) in [6.07, 6.45) is 0.531.